The summed E-state index contributed by atoms with van der Waals surface area (Å²) in [6, 6.07) is 9.86. The smallest absolute Gasteiger partial charge is 0.408 e. The molecule has 1 N–H and O–H groups in total. The number of alkyl carbamates (subject to hydrolysis) is 1. The predicted octanol–water partition coefficient (Wildman–Crippen LogP) is 9.15. The number of hydrogen-bond donors (Lipinski definition) is 1. The molecule has 0 spiro atoms. The average Bonchev–Trinajstić information content (AvgIpc) is 3.05. The number of rotatable bonds is 6. The number of hydrogen-bond acceptors (Lipinski definition) is 7. The lowest BCUT2D eigenvalue weighted by Crippen LogP contribution is -2.66. The van der Waals surface area contributed by atoms with Crippen LogP contribution in [0.4, 0.5) is 4.79 Å². The maximum Gasteiger partial charge on any atom is 0.408 e. The molecule has 8 nitrogen and oxygen atoms in total. The van der Waals surface area contributed by atoms with Crippen molar-refractivity contribution in [2.75, 3.05) is 6.54 Å². The van der Waals surface area contributed by atoms with Crippen LogP contribution >= 0.6 is 0 Å². The maximum absolute atomic E-state index is 14.8. The fourth-order valence-corrected chi connectivity index (χ4v) is 12.1. The third kappa shape index (κ3) is 6.42. The molecule has 0 saturated heterocycles. The van der Waals surface area contributed by atoms with Crippen LogP contribution in [0.2, 0.25) is 0 Å². The van der Waals surface area contributed by atoms with Crippen LogP contribution in [0.25, 0.3) is 0 Å². The molecule has 8 heteroatoms. The number of benzene rings is 1. The molecule has 0 aliphatic heterocycles. The van der Waals surface area contributed by atoms with E-state index in [-0.39, 0.29) is 75.8 Å². The van der Waals surface area contributed by atoms with E-state index in [0.29, 0.717) is 12.8 Å². The van der Waals surface area contributed by atoms with Gasteiger partial charge in [-0.05, 0) is 131 Å². The number of amides is 1. The van der Waals surface area contributed by atoms with Crippen LogP contribution in [-0.2, 0) is 35.2 Å². The molecule has 0 bridgehead atoms. The van der Waals surface area contributed by atoms with Gasteiger partial charge in [0.2, 0.25) is 0 Å². The van der Waals surface area contributed by atoms with Gasteiger partial charge >= 0.3 is 18.0 Å². The van der Waals surface area contributed by atoms with Crippen molar-refractivity contribution in [3.05, 3.63) is 47.5 Å². The van der Waals surface area contributed by atoms with E-state index in [9.17, 15) is 19.2 Å². The van der Waals surface area contributed by atoms with Crippen LogP contribution in [0.15, 0.2) is 42.0 Å². The highest BCUT2D eigenvalue weighted by Gasteiger charge is 2.70. The minimum Gasteiger partial charge on any atom is -0.460 e. The maximum atomic E-state index is 14.8. The van der Waals surface area contributed by atoms with E-state index < -0.39 is 23.1 Å². The summed E-state index contributed by atoms with van der Waals surface area (Å²) in [7, 11) is 0. The van der Waals surface area contributed by atoms with Crippen molar-refractivity contribution < 1.29 is 33.4 Å². The quantitative estimate of drug-likeness (QED) is 0.231. The Labute approximate surface area is 311 Å². The Hall–Kier alpha value is -3.16. The lowest BCUT2D eigenvalue weighted by atomic mass is 9.33. The third-order valence-corrected chi connectivity index (χ3v) is 15.3. The molecule has 4 fully saturated rings. The van der Waals surface area contributed by atoms with Gasteiger partial charge in [-0.25, -0.2) is 4.79 Å². The zero-order chi connectivity index (χ0) is 38.1. The number of ketones is 1. The fraction of sp³-hybridized carbons (Fsp3) is 0.727. The Morgan fingerprint density at radius 2 is 1.54 bits per heavy atom. The number of allylic oxidation sites excluding steroid dienone is 2. The van der Waals surface area contributed by atoms with Gasteiger partial charge in [-0.2, -0.15) is 0 Å². The normalized spacial score (nSPS) is 39.3. The van der Waals surface area contributed by atoms with Crippen LogP contribution < -0.4 is 5.32 Å². The summed E-state index contributed by atoms with van der Waals surface area (Å²) in [5, 5.41) is 2.53. The lowest BCUT2D eigenvalue weighted by molar-refractivity contribution is -0.210. The van der Waals surface area contributed by atoms with Crippen molar-refractivity contribution in [2.24, 2.45) is 50.2 Å². The number of nitrogens with one attached hydrogen (secondary N) is 1. The first kappa shape index (κ1) is 38.6. The van der Waals surface area contributed by atoms with Crippen molar-refractivity contribution in [1.29, 1.82) is 0 Å². The van der Waals surface area contributed by atoms with Crippen molar-refractivity contribution in [3.63, 3.8) is 0 Å². The van der Waals surface area contributed by atoms with E-state index in [1.807, 2.05) is 36.4 Å². The second kappa shape index (κ2) is 13.0. The van der Waals surface area contributed by atoms with E-state index in [4.69, 9.17) is 14.2 Å². The summed E-state index contributed by atoms with van der Waals surface area (Å²) in [6.45, 7) is 21.4. The molecular weight excluding hydrogens is 654 g/mol. The SMILES string of the molecule is CC(C)(C)OC(=O)NCC(=O)O[C@H]1CC[C@]2(C)[C@H]3C(=O)C=C4[C@@H]5C[C@@](C)(C(=O)OCc6ccccc6)CC[C@]5(C)CC[C@@]4(C)[C@]3(C)CC[C@H]2C1(C)C. The van der Waals surface area contributed by atoms with Gasteiger partial charge in [0, 0.05) is 11.3 Å². The second-order valence-corrected chi connectivity index (χ2v) is 20.0. The van der Waals surface area contributed by atoms with Crippen LogP contribution in [0.3, 0.4) is 0 Å². The lowest BCUT2D eigenvalue weighted by Gasteiger charge is -2.70. The predicted molar refractivity (Wildman–Crippen MR) is 200 cm³/mol. The first-order valence-electron chi connectivity index (χ1n) is 19.7. The number of ether oxygens (including phenoxy) is 3. The summed E-state index contributed by atoms with van der Waals surface area (Å²) in [5.74, 6) is -0.202. The molecule has 9 atom stereocenters. The van der Waals surface area contributed by atoms with Gasteiger partial charge in [-0.15, -0.1) is 0 Å². The molecule has 0 unspecified atom stereocenters. The van der Waals surface area contributed by atoms with Crippen LogP contribution in [-0.4, -0.2) is 42.1 Å². The van der Waals surface area contributed by atoms with Crippen molar-refractivity contribution in [1.82, 2.24) is 5.32 Å². The first-order valence-corrected chi connectivity index (χ1v) is 19.7. The monoisotopic (exact) mass is 717 g/mol. The summed E-state index contributed by atoms with van der Waals surface area (Å²) >= 11 is 0. The van der Waals surface area contributed by atoms with Gasteiger partial charge in [0.05, 0.1) is 5.41 Å². The molecule has 0 aromatic heterocycles. The van der Waals surface area contributed by atoms with E-state index in [1.54, 1.807) is 20.8 Å². The standard InChI is InChI=1S/C44H63NO7/c1-38(2,3)52-37(49)45-26-34(47)51-33-17-18-42(8)32(39(33,4)5)16-19-44(10)35(42)31(46)24-29-30-25-41(7,21-20-40(30,6)22-23-43(29,44)9)36(48)50-27-28-14-12-11-13-15-28/h11-15,24,30,32-33,35H,16-23,25-27H2,1-10H3,(H,45,49)/t30-,32-,33-,35+,40+,41-,42-,43+,44+/m0/s1. The van der Waals surface area contributed by atoms with Crippen molar-refractivity contribution >= 4 is 23.8 Å². The number of fused-ring (bicyclic) bond motifs is 7. The van der Waals surface area contributed by atoms with Crippen LogP contribution in [0.5, 0.6) is 0 Å². The number of esters is 2. The molecule has 0 heterocycles. The molecular formula is C44H63NO7. The highest BCUT2D eigenvalue weighted by atomic mass is 16.6. The molecule has 52 heavy (non-hydrogen) atoms. The molecule has 286 valence electrons. The molecule has 6 rings (SSSR count). The van der Waals surface area contributed by atoms with Gasteiger partial charge in [0.15, 0.2) is 5.78 Å². The molecule has 4 saturated carbocycles. The van der Waals surface area contributed by atoms with E-state index in [0.717, 1.165) is 50.5 Å². The highest BCUT2D eigenvalue weighted by molar-refractivity contribution is 5.95. The van der Waals surface area contributed by atoms with Crippen molar-refractivity contribution in [3.8, 4) is 0 Å². The average molecular weight is 718 g/mol. The summed E-state index contributed by atoms with van der Waals surface area (Å²) in [5.41, 5.74) is -0.00383. The molecule has 5 aliphatic carbocycles. The van der Waals surface area contributed by atoms with Crippen LogP contribution in [0, 0.1) is 50.2 Å². The van der Waals surface area contributed by atoms with Gasteiger partial charge in [-0.1, -0.05) is 77.4 Å². The fourth-order valence-electron chi connectivity index (χ4n) is 12.1. The van der Waals surface area contributed by atoms with E-state index in [2.05, 4.69) is 53.8 Å². The van der Waals surface area contributed by atoms with Gasteiger partial charge < -0.3 is 19.5 Å². The Morgan fingerprint density at radius 1 is 0.865 bits per heavy atom. The third-order valence-electron chi connectivity index (χ3n) is 15.3. The van der Waals surface area contributed by atoms with Crippen LogP contribution in [0.1, 0.15) is 133 Å². The first-order chi connectivity index (χ1) is 24.1. The second-order valence-electron chi connectivity index (χ2n) is 20.0. The van der Waals surface area contributed by atoms with Gasteiger partial charge in [0.1, 0.15) is 24.9 Å². The Morgan fingerprint density at radius 3 is 2.21 bits per heavy atom. The number of carbonyl (C=O) groups excluding carboxylic acids is 4. The largest absolute Gasteiger partial charge is 0.460 e. The molecule has 1 aromatic carbocycles. The van der Waals surface area contributed by atoms with Gasteiger partial charge in [0.25, 0.3) is 0 Å². The topological polar surface area (TPSA) is 108 Å². The summed E-state index contributed by atoms with van der Waals surface area (Å²) in [6.07, 6.45) is 8.96. The van der Waals surface area contributed by atoms with Gasteiger partial charge in [-0.3, -0.25) is 14.4 Å². The minimum absolute atomic E-state index is 0.0391. The van der Waals surface area contributed by atoms with E-state index in [1.165, 1.54) is 5.57 Å². The summed E-state index contributed by atoms with van der Waals surface area (Å²) in [4.78, 5) is 53.8. The van der Waals surface area contributed by atoms with E-state index >= 15 is 0 Å². The molecule has 1 aromatic rings. The Bertz CT molecular complexity index is 1630. The molecule has 1 amide bonds. The zero-order valence-electron chi connectivity index (χ0n) is 33.4. The Balaban J connectivity index is 1.22. The highest BCUT2D eigenvalue weighted by Crippen LogP contribution is 2.75. The minimum atomic E-state index is -0.659. The molecule has 5 aliphatic rings. The molecule has 0 radical (unpaired) electrons. The number of carbonyl (C=O) groups is 4. The summed E-state index contributed by atoms with van der Waals surface area (Å²) < 4.78 is 17.3. The zero-order valence-corrected chi connectivity index (χ0v) is 33.4. The van der Waals surface area contributed by atoms with Crippen molar-refractivity contribution in [2.45, 2.75) is 145 Å². The Kier molecular flexibility index (Phi) is 9.64.